The fourth-order valence-corrected chi connectivity index (χ4v) is 1.55. The first kappa shape index (κ1) is 18.0. The van der Waals surface area contributed by atoms with E-state index in [2.05, 4.69) is 4.18 Å². The van der Waals surface area contributed by atoms with Crippen LogP contribution >= 0.6 is 0 Å². The van der Waals surface area contributed by atoms with Gasteiger partial charge in [-0.1, -0.05) is 0 Å². The topological polar surface area (TPSA) is 94.1 Å². The predicted molar refractivity (Wildman–Crippen MR) is 56.4 cm³/mol. The largest absolute Gasteiger partial charge is 1.00 e. The Labute approximate surface area is 148 Å². The Balaban J connectivity index is 0.00000289. The predicted octanol–water partition coefficient (Wildman–Crippen LogP) is -2.44. The number of ether oxygens (including phenoxy) is 3. The molecule has 1 aromatic rings. The molecule has 0 saturated heterocycles. The smallest absolute Gasteiger partial charge is 0.716 e. The molecule has 0 aliphatic heterocycles. The van der Waals surface area contributed by atoms with Crippen LogP contribution in [0.5, 0.6) is 23.0 Å². The van der Waals surface area contributed by atoms with Crippen molar-refractivity contribution in [2.45, 2.75) is 0 Å². The summed E-state index contributed by atoms with van der Waals surface area (Å²) in [5, 5.41) is 0. The summed E-state index contributed by atoms with van der Waals surface area (Å²) in [6.07, 6.45) is 0. The van der Waals surface area contributed by atoms with Gasteiger partial charge in [0.1, 0.15) is 5.75 Å². The van der Waals surface area contributed by atoms with E-state index in [1.54, 1.807) is 0 Å². The summed E-state index contributed by atoms with van der Waals surface area (Å²) < 4.78 is 50.5. The fraction of sp³-hybridized carbons (Fsp3) is 0.333. The van der Waals surface area contributed by atoms with Crippen LogP contribution in [0.3, 0.4) is 0 Å². The molecule has 0 N–H and O–H groups in total. The van der Waals surface area contributed by atoms with Crippen LogP contribution in [0.25, 0.3) is 0 Å². The molecule has 0 radical (unpaired) electrons. The molecule has 0 fully saturated rings. The summed E-state index contributed by atoms with van der Waals surface area (Å²) in [5.41, 5.74) is 0. The number of hydrogen-bond acceptors (Lipinski definition) is 7. The van der Waals surface area contributed by atoms with Crippen molar-refractivity contribution in [3.8, 4) is 23.0 Å². The van der Waals surface area contributed by atoms with Gasteiger partial charge in [-0.05, 0) is 0 Å². The van der Waals surface area contributed by atoms with Crippen molar-refractivity contribution in [2.24, 2.45) is 0 Å². The van der Waals surface area contributed by atoms with Crippen molar-refractivity contribution in [3.63, 3.8) is 0 Å². The Kier molecular flexibility index (Phi) is 7.52. The van der Waals surface area contributed by atoms with Gasteiger partial charge in [0.05, 0.1) is 21.3 Å². The van der Waals surface area contributed by atoms with E-state index in [4.69, 9.17) is 14.2 Å². The van der Waals surface area contributed by atoms with Crippen molar-refractivity contribution >= 4 is 10.4 Å². The zero-order valence-corrected chi connectivity index (χ0v) is 14.4. The molecule has 1 rings (SSSR count). The number of rotatable bonds is 5. The molecule has 96 valence electrons. The molecule has 0 spiro atoms. The first-order valence-electron chi connectivity index (χ1n) is 4.36. The van der Waals surface area contributed by atoms with Gasteiger partial charge in [-0.2, -0.15) is 0 Å². The molecule has 0 aliphatic carbocycles. The molecule has 0 unspecified atom stereocenters. The van der Waals surface area contributed by atoms with Crippen molar-refractivity contribution in [1.29, 1.82) is 0 Å². The van der Waals surface area contributed by atoms with E-state index in [9.17, 15) is 13.0 Å². The summed E-state index contributed by atoms with van der Waals surface area (Å²) in [6.45, 7) is 0. The second-order valence-electron chi connectivity index (χ2n) is 2.85. The molecule has 0 bridgehead atoms. The normalized spacial score (nSPS) is 10.2. The molecule has 18 heavy (non-hydrogen) atoms. The van der Waals surface area contributed by atoms with Crippen LogP contribution in [0.1, 0.15) is 0 Å². The monoisotopic (exact) mass is 302 g/mol. The summed E-state index contributed by atoms with van der Waals surface area (Å²) in [4.78, 5) is 0. The van der Waals surface area contributed by atoms with E-state index in [0.29, 0.717) is 0 Å². The standard InChI is InChI=1S/C9H12O7S.K/c1-13-7-4-6(16-17(10,11)12)5-8(14-2)9(7)15-3;/h4-5H,1-3H3,(H,10,11,12);/q;+1/p-1. The average Bonchev–Trinajstić information content (AvgIpc) is 2.25. The Morgan fingerprint density at radius 1 is 1.00 bits per heavy atom. The molecule has 7 nitrogen and oxygen atoms in total. The minimum atomic E-state index is -4.85. The van der Waals surface area contributed by atoms with Gasteiger partial charge in [0, 0.05) is 12.1 Å². The maximum atomic E-state index is 10.5. The zero-order chi connectivity index (χ0) is 13.1. The minimum absolute atomic E-state index is 0. The number of hydrogen-bond donors (Lipinski definition) is 0. The minimum Gasteiger partial charge on any atom is -0.716 e. The maximum Gasteiger partial charge on any atom is 1.00 e. The van der Waals surface area contributed by atoms with Crippen molar-refractivity contribution in [3.05, 3.63) is 12.1 Å². The third kappa shape index (κ3) is 4.92. The molecule has 0 aromatic heterocycles. The molecule has 0 amide bonds. The van der Waals surface area contributed by atoms with Crippen LogP contribution in [-0.4, -0.2) is 34.3 Å². The van der Waals surface area contributed by atoms with Gasteiger partial charge in [-0.25, -0.2) is 8.42 Å². The van der Waals surface area contributed by atoms with Gasteiger partial charge >= 0.3 is 51.4 Å². The second-order valence-corrected chi connectivity index (χ2v) is 3.84. The third-order valence-corrected chi connectivity index (χ3v) is 2.23. The summed E-state index contributed by atoms with van der Waals surface area (Å²) in [6, 6.07) is 2.41. The van der Waals surface area contributed by atoms with Gasteiger partial charge in [0.25, 0.3) is 10.4 Å². The number of methoxy groups -OCH3 is 3. The molecule has 0 atom stereocenters. The van der Waals surface area contributed by atoms with Gasteiger partial charge in [-0.15, -0.1) is 0 Å². The summed E-state index contributed by atoms with van der Waals surface area (Å²) in [5.74, 6) is 0.427. The Morgan fingerprint density at radius 3 is 1.72 bits per heavy atom. The first-order chi connectivity index (χ1) is 7.91. The van der Waals surface area contributed by atoms with E-state index in [1.165, 1.54) is 33.5 Å². The Bertz CT molecular complexity index is 475. The number of benzene rings is 1. The molecule has 0 heterocycles. The van der Waals surface area contributed by atoms with Crippen molar-refractivity contribution in [1.82, 2.24) is 0 Å². The van der Waals surface area contributed by atoms with Gasteiger partial charge in [-0.3, -0.25) is 0 Å². The van der Waals surface area contributed by atoms with Crippen LogP contribution in [-0.2, 0) is 10.4 Å². The van der Waals surface area contributed by atoms with E-state index < -0.39 is 10.4 Å². The SMILES string of the molecule is COc1cc(OS(=O)(=O)[O-])cc(OC)c1OC.[K+]. The molecule has 0 aliphatic rings. The quantitative estimate of drug-likeness (QED) is 0.339. The van der Waals surface area contributed by atoms with Crippen LogP contribution in [0.15, 0.2) is 12.1 Å². The van der Waals surface area contributed by atoms with Gasteiger partial charge < -0.3 is 22.9 Å². The molecular weight excluding hydrogens is 291 g/mol. The van der Waals surface area contributed by atoms with E-state index >= 15 is 0 Å². The molecule has 0 saturated carbocycles. The molecule has 9 heteroatoms. The fourth-order valence-electron chi connectivity index (χ4n) is 1.22. The van der Waals surface area contributed by atoms with Crippen LogP contribution in [0, 0.1) is 0 Å². The van der Waals surface area contributed by atoms with Crippen LogP contribution in [0.2, 0.25) is 0 Å². The first-order valence-corrected chi connectivity index (χ1v) is 5.70. The van der Waals surface area contributed by atoms with E-state index in [0.717, 1.165) is 0 Å². The average molecular weight is 302 g/mol. The van der Waals surface area contributed by atoms with E-state index in [-0.39, 0.29) is 74.4 Å². The van der Waals surface area contributed by atoms with Crippen molar-refractivity contribution < 1.29 is 82.7 Å². The summed E-state index contributed by atoms with van der Waals surface area (Å²) >= 11 is 0. The third-order valence-electron chi connectivity index (χ3n) is 1.84. The second kappa shape index (κ2) is 7.53. The Morgan fingerprint density at radius 2 is 1.44 bits per heavy atom. The Hall–Kier alpha value is -0.0336. The van der Waals surface area contributed by atoms with Crippen LogP contribution < -0.4 is 69.8 Å². The molecular formula is C9H11KO7S. The van der Waals surface area contributed by atoms with E-state index in [1.807, 2.05) is 0 Å². The van der Waals surface area contributed by atoms with Crippen molar-refractivity contribution in [2.75, 3.05) is 21.3 Å². The molecule has 1 aromatic carbocycles. The maximum absolute atomic E-state index is 10.5. The van der Waals surface area contributed by atoms with Crippen LogP contribution in [0.4, 0.5) is 0 Å². The van der Waals surface area contributed by atoms with Gasteiger partial charge in [0.15, 0.2) is 11.5 Å². The van der Waals surface area contributed by atoms with Gasteiger partial charge in [0.2, 0.25) is 5.75 Å². The summed E-state index contributed by atoms with van der Waals surface area (Å²) in [7, 11) is -0.747. The zero-order valence-electron chi connectivity index (χ0n) is 10.4.